The van der Waals surface area contributed by atoms with Crippen LogP contribution in [0.2, 0.25) is 0 Å². The number of aromatic nitrogens is 1. The fraction of sp³-hybridized carbons (Fsp3) is 0.550. The molecule has 0 bridgehead atoms. The van der Waals surface area contributed by atoms with Gasteiger partial charge in [0.2, 0.25) is 0 Å². The van der Waals surface area contributed by atoms with Crippen LogP contribution in [0.4, 0.5) is 0 Å². The van der Waals surface area contributed by atoms with E-state index in [1.165, 1.54) is 47.8 Å². The van der Waals surface area contributed by atoms with Crippen LogP contribution in [0.3, 0.4) is 0 Å². The summed E-state index contributed by atoms with van der Waals surface area (Å²) in [5.41, 5.74) is 1.37. The van der Waals surface area contributed by atoms with Gasteiger partial charge in [-0.25, -0.2) is 0 Å². The average molecular weight is 344 g/mol. The Hall–Kier alpha value is -1.23. The average Bonchev–Trinajstić information content (AvgIpc) is 2.87. The van der Waals surface area contributed by atoms with Gasteiger partial charge in [0.05, 0.1) is 0 Å². The van der Waals surface area contributed by atoms with E-state index < -0.39 is 0 Å². The van der Waals surface area contributed by atoms with E-state index in [1.54, 1.807) is 0 Å². The molecular weight excluding hydrogens is 314 g/mol. The standard InChI is InChI=1S/C20H29N3S/c1-17(2)14-19-4-5-20(24-19)16-23-11-3-10-22(12-13-23)15-18-6-8-21-9-7-18/h4-9,17H,3,10-16H2,1-2H3. The molecule has 1 aliphatic rings. The second-order valence-corrected chi connectivity index (χ2v) is 8.48. The Labute approximate surface area is 150 Å². The van der Waals surface area contributed by atoms with Crippen molar-refractivity contribution in [2.75, 3.05) is 26.2 Å². The fourth-order valence-corrected chi connectivity index (χ4v) is 4.60. The van der Waals surface area contributed by atoms with Gasteiger partial charge in [-0.3, -0.25) is 14.8 Å². The zero-order chi connectivity index (χ0) is 16.8. The van der Waals surface area contributed by atoms with E-state index in [0.717, 1.165) is 25.6 Å². The van der Waals surface area contributed by atoms with Crippen molar-refractivity contribution in [1.82, 2.24) is 14.8 Å². The van der Waals surface area contributed by atoms with Gasteiger partial charge < -0.3 is 0 Å². The van der Waals surface area contributed by atoms with Crippen molar-refractivity contribution in [2.45, 2.75) is 39.8 Å². The minimum Gasteiger partial charge on any atom is -0.298 e. The van der Waals surface area contributed by atoms with Gasteiger partial charge in [-0.1, -0.05) is 13.8 Å². The molecular formula is C20H29N3S. The summed E-state index contributed by atoms with van der Waals surface area (Å²) >= 11 is 2.00. The maximum Gasteiger partial charge on any atom is 0.0328 e. The first-order valence-electron chi connectivity index (χ1n) is 9.10. The van der Waals surface area contributed by atoms with Gasteiger partial charge in [-0.2, -0.15) is 0 Å². The highest BCUT2D eigenvalue weighted by Crippen LogP contribution is 2.22. The van der Waals surface area contributed by atoms with Crippen molar-refractivity contribution in [1.29, 1.82) is 0 Å². The molecule has 0 aromatic carbocycles. The van der Waals surface area contributed by atoms with E-state index in [1.807, 2.05) is 23.7 Å². The number of pyridine rings is 1. The van der Waals surface area contributed by atoms with E-state index in [4.69, 9.17) is 0 Å². The highest BCUT2D eigenvalue weighted by Gasteiger charge is 2.16. The van der Waals surface area contributed by atoms with E-state index in [9.17, 15) is 0 Å². The van der Waals surface area contributed by atoms with Gasteiger partial charge in [0.25, 0.3) is 0 Å². The van der Waals surface area contributed by atoms with Crippen LogP contribution in [-0.4, -0.2) is 41.0 Å². The van der Waals surface area contributed by atoms with Crippen molar-refractivity contribution < 1.29 is 0 Å². The SMILES string of the molecule is CC(C)Cc1ccc(CN2CCCN(Cc3ccncc3)CC2)s1. The van der Waals surface area contributed by atoms with E-state index in [0.29, 0.717) is 0 Å². The Morgan fingerprint density at radius 2 is 1.58 bits per heavy atom. The Kier molecular flexibility index (Phi) is 6.41. The van der Waals surface area contributed by atoms with Gasteiger partial charge in [0.15, 0.2) is 0 Å². The molecule has 2 aromatic rings. The summed E-state index contributed by atoms with van der Waals surface area (Å²) in [6.45, 7) is 11.5. The molecule has 0 atom stereocenters. The number of hydrogen-bond acceptors (Lipinski definition) is 4. The topological polar surface area (TPSA) is 19.4 Å². The van der Waals surface area contributed by atoms with Gasteiger partial charge >= 0.3 is 0 Å². The van der Waals surface area contributed by atoms with Crippen LogP contribution < -0.4 is 0 Å². The third-order valence-corrected chi connectivity index (χ3v) is 5.64. The van der Waals surface area contributed by atoms with Crippen LogP contribution in [0.5, 0.6) is 0 Å². The molecule has 4 heteroatoms. The van der Waals surface area contributed by atoms with Crippen LogP contribution in [0.15, 0.2) is 36.7 Å². The van der Waals surface area contributed by atoms with Crippen LogP contribution in [-0.2, 0) is 19.5 Å². The second kappa shape index (κ2) is 8.75. The smallest absolute Gasteiger partial charge is 0.0328 e. The number of hydrogen-bond donors (Lipinski definition) is 0. The Morgan fingerprint density at radius 1 is 0.917 bits per heavy atom. The minimum absolute atomic E-state index is 0.747. The number of nitrogens with zero attached hydrogens (tertiary/aromatic N) is 3. The first kappa shape index (κ1) is 17.6. The lowest BCUT2D eigenvalue weighted by molar-refractivity contribution is 0.248. The summed E-state index contributed by atoms with van der Waals surface area (Å²) in [6.07, 6.45) is 6.26. The number of rotatable bonds is 6. The lowest BCUT2D eigenvalue weighted by Crippen LogP contribution is -2.30. The molecule has 3 rings (SSSR count). The lowest BCUT2D eigenvalue weighted by Gasteiger charge is -2.21. The summed E-state index contributed by atoms with van der Waals surface area (Å²) < 4.78 is 0. The molecule has 0 amide bonds. The first-order valence-corrected chi connectivity index (χ1v) is 9.92. The summed E-state index contributed by atoms with van der Waals surface area (Å²) in [4.78, 5) is 12.4. The normalized spacial score (nSPS) is 17.3. The maximum absolute atomic E-state index is 4.11. The molecule has 1 saturated heterocycles. The van der Waals surface area contributed by atoms with Gasteiger partial charge in [-0.05, 0) is 61.7 Å². The predicted octanol–water partition coefficient (Wildman–Crippen LogP) is 4.05. The fourth-order valence-electron chi connectivity index (χ4n) is 3.33. The maximum atomic E-state index is 4.11. The molecule has 0 radical (unpaired) electrons. The van der Waals surface area contributed by atoms with Crippen molar-refractivity contribution in [3.05, 3.63) is 52.0 Å². The molecule has 0 spiro atoms. The first-order chi connectivity index (χ1) is 11.7. The molecule has 130 valence electrons. The van der Waals surface area contributed by atoms with Crippen molar-refractivity contribution in [3.8, 4) is 0 Å². The van der Waals surface area contributed by atoms with Crippen LogP contribution in [0.1, 0.15) is 35.6 Å². The van der Waals surface area contributed by atoms with Gasteiger partial charge in [0.1, 0.15) is 0 Å². The Bertz CT molecular complexity index is 608. The Balaban J connectivity index is 1.49. The van der Waals surface area contributed by atoms with Crippen molar-refractivity contribution >= 4 is 11.3 Å². The lowest BCUT2D eigenvalue weighted by atomic mass is 10.1. The Morgan fingerprint density at radius 3 is 2.29 bits per heavy atom. The molecule has 0 aliphatic carbocycles. The van der Waals surface area contributed by atoms with Crippen LogP contribution >= 0.6 is 11.3 Å². The molecule has 0 N–H and O–H groups in total. The van der Waals surface area contributed by atoms with E-state index >= 15 is 0 Å². The summed E-state index contributed by atoms with van der Waals surface area (Å²) in [5, 5.41) is 0. The molecule has 1 fully saturated rings. The molecule has 3 heterocycles. The summed E-state index contributed by atoms with van der Waals surface area (Å²) in [6, 6.07) is 8.92. The van der Waals surface area contributed by atoms with E-state index in [2.05, 4.69) is 52.9 Å². The zero-order valence-electron chi connectivity index (χ0n) is 14.9. The minimum atomic E-state index is 0.747. The molecule has 0 unspecified atom stereocenters. The molecule has 0 saturated carbocycles. The van der Waals surface area contributed by atoms with Crippen LogP contribution in [0, 0.1) is 5.92 Å². The van der Waals surface area contributed by atoms with E-state index in [-0.39, 0.29) is 0 Å². The summed E-state index contributed by atoms with van der Waals surface area (Å²) in [7, 11) is 0. The molecule has 24 heavy (non-hydrogen) atoms. The quantitative estimate of drug-likeness (QED) is 0.789. The highest BCUT2D eigenvalue weighted by atomic mass is 32.1. The van der Waals surface area contributed by atoms with Crippen molar-refractivity contribution in [2.24, 2.45) is 5.92 Å². The van der Waals surface area contributed by atoms with Gasteiger partial charge in [-0.15, -0.1) is 11.3 Å². The third-order valence-electron chi connectivity index (χ3n) is 4.54. The zero-order valence-corrected chi connectivity index (χ0v) is 15.8. The predicted molar refractivity (Wildman–Crippen MR) is 102 cm³/mol. The number of thiophene rings is 1. The van der Waals surface area contributed by atoms with Crippen LogP contribution in [0.25, 0.3) is 0 Å². The molecule has 1 aliphatic heterocycles. The third kappa shape index (κ3) is 5.40. The molecule has 2 aromatic heterocycles. The van der Waals surface area contributed by atoms with Gasteiger partial charge in [0, 0.05) is 48.3 Å². The monoisotopic (exact) mass is 343 g/mol. The summed E-state index contributed by atoms with van der Waals surface area (Å²) in [5.74, 6) is 0.747. The largest absolute Gasteiger partial charge is 0.298 e. The second-order valence-electron chi connectivity index (χ2n) is 7.23. The van der Waals surface area contributed by atoms with Crippen molar-refractivity contribution in [3.63, 3.8) is 0 Å². The highest BCUT2D eigenvalue weighted by molar-refractivity contribution is 7.11. The molecule has 3 nitrogen and oxygen atoms in total.